The molecule has 15 heavy (non-hydrogen) atoms. The quantitative estimate of drug-likeness (QED) is 0.555. The van der Waals surface area contributed by atoms with E-state index in [0.717, 1.165) is 11.3 Å². The molecule has 0 radical (unpaired) electrons. The second-order valence-corrected chi connectivity index (χ2v) is 3.00. The van der Waals surface area contributed by atoms with Crippen LogP contribution in [0.4, 0.5) is 0 Å². The molecule has 1 aromatic heterocycles. The number of carbonyl (C=O) groups excluding carboxylic acids is 1. The summed E-state index contributed by atoms with van der Waals surface area (Å²) in [7, 11) is 0. The van der Waals surface area contributed by atoms with E-state index in [2.05, 4.69) is 5.16 Å². The Morgan fingerprint density at radius 1 is 1.27 bits per heavy atom. The van der Waals surface area contributed by atoms with Gasteiger partial charge in [0.25, 0.3) is 0 Å². The van der Waals surface area contributed by atoms with Crippen molar-refractivity contribution in [1.29, 1.82) is 0 Å². The van der Waals surface area contributed by atoms with Gasteiger partial charge < -0.3 is 9.26 Å². The van der Waals surface area contributed by atoms with Gasteiger partial charge in [-0.05, 0) is 24.3 Å². The molecule has 4 heteroatoms. The van der Waals surface area contributed by atoms with Crippen LogP contribution in [0.15, 0.2) is 41.1 Å². The number of hydrogen-bond acceptors (Lipinski definition) is 4. The lowest BCUT2D eigenvalue weighted by molar-refractivity contribution is -0.131. The lowest BCUT2D eigenvalue weighted by Gasteiger charge is -2.01. The van der Waals surface area contributed by atoms with Crippen molar-refractivity contribution in [3.8, 4) is 17.0 Å². The summed E-state index contributed by atoms with van der Waals surface area (Å²) in [5, 5.41) is 3.79. The Labute approximate surface area is 86.5 Å². The molecule has 4 nitrogen and oxygen atoms in total. The van der Waals surface area contributed by atoms with E-state index in [-0.39, 0.29) is 5.97 Å². The topological polar surface area (TPSA) is 52.3 Å². The van der Waals surface area contributed by atoms with Crippen molar-refractivity contribution in [1.82, 2.24) is 5.16 Å². The molecule has 0 aliphatic rings. The standard InChI is InChI=1S/C11H9NO3/c1-8(13)15-10-4-2-9(3-5-10)11-6-7-14-12-11/h2-7H,1H3. The van der Waals surface area contributed by atoms with E-state index in [9.17, 15) is 4.79 Å². The average Bonchev–Trinajstić information content (AvgIpc) is 2.71. The highest BCUT2D eigenvalue weighted by atomic mass is 16.5. The second kappa shape index (κ2) is 3.96. The van der Waals surface area contributed by atoms with Gasteiger partial charge in [-0.2, -0.15) is 0 Å². The number of aromatic nitrogens is 1. The third kappa shape index (κ3) is 2.22. The predicted octanol–water partition coefficient (Wildman–Crippen LogP) is 2.27. The third-order valence-electron chi connectivity index (χ3n) is 1.85. The van der Waals surface area contributed by atoms with E-state index in [1.165, 1.54) is 13.2 Å². The molecule has 0 aliphatic heterocycles. The predicted molar refractivity (Wildman–Crippen MR) is 53.2 cm³/mol. The summed E-state index contributed by atoms with van der Waals surface area (Å²) in [4.78, 5) is 10.7. The van der Waals surface area contributed by atoms with Gasteiger partial charge in [-0.3, -0.25) is 4.79 Å². The molecule has 0 saturated carbocycles. The SMILES string of the molecule is CC(=O)Oc1ccc(-c2ccon2)cc1. The van der Waals surface area contributed by atoms with Crippen LogP contribution in [0.1, 0.15) is 6.92 Å². The summed E-state index contributed by atoms with van der Waals surface area (Å²) >= 11 is 0. The van der Waals surface area contributed by atoms with E-state index in [0.29, 0.717) is 5.75 Å². The van der Waals surface area contributed by atoms with Crippen LogP contribution in [-0.4, -0.2) is 11.1 Å². The minimum atomic E-state index is -0.329. The molecule has 0 spiro atoms. The van der Waals surface area contributed by atoms with Crippen LogP contribution in [0.25, 0.3) is 11.3 Å². The minimum Gasteiger partial charge on any atom is -0.427 e. The van der Waals surface area contributed by atoms with Crippen LogP contribution in [0.3, 0.4) is 0 Å². The Kier molecular flexibility index (Phi) is 2.49. The molecule has 0 saturated heterocycles. The van der Waals surface area contributed by atoms with Crippen LogP contribution in [0.2, 0.25) is 0 Å². The fourth-order valence-corrected chi connectivity index (χ4v) is 1.22. The Morgan fingerprint density at radius 2 is 2.00 bits per heavy atom. The fraction of sp³-hybridized carbons (Fsp3) is 0.0909. The maximum absolute atomic E-state index is 10.7. The molecule has 2 rings (SSSR count). The zero-order chi connectivity index (χ0) is 10.7. The molecule has 1 heterocycles. The van der Waals surface area contributed by atoms with E-state index in [1.807, 2.05) is 12.1 Å². The number of hydrogen-bond donors (Lipinski definition) is 0. The van der Waals surface area contributed by atoms with Crippen LogP contribution < -0.4 is 4.74 Å². The number of benzene rings is 1. The van der Waals surface area contributed by atoms with Crippen LogP contribution in [0.5, 0.6) is 5.75 Å². The van der Waals surface area contributed by atoms with Crippen LogP contribution in [-0.2, 0) is 4.79 Å². The van der Waals surface area contributed by atoms with E-state index >= 15 is 0 Å². The highest BCUT2D eigenvalue weighted by molar-refractivity contribution is 5.69. The van der Waals surface area contributed by atoms with Crippen molar-refractivity contribution in [3.05, 3.63) is 36.6 Å². The maximum Gasteiger partial charge on any atom is 0.308 e. The number of rotatable bonds is 2. The summed E-state index contributed by atoms with van der Waals surface area (Å²) in [6.45, 7) is 1.37. The monoisotopic (exact) mass is 203 g/mol. The zero-order valence-corrected chi connectivity index (χ0v) is 8.14. The van der Waals surface area contributed by atoms with Gasteiger partial charge >= 0.3 is 5.97 Å². The van der Waals surface area contributed by atoms with Gasteiger partial charge in [0.05, 0.1) is 0 Å². The lowest BCUT2D eigenvalue weighted by atomic mass is 10.1. The first-order valence-corrected chi connectivity index (χ1v) is 4.45. The molecule has 0 fully saturated rings. The van der Waals surface area contributed by atoms with Crippen molar-refractivity contribution in [2.75, 3.05) is 0 Å². The van der Waals surface area contributed by atoms with Crippen molar-refractivity contribution >= 4 is 5.97 Å². The molecule has 0 N–H and O–H groups in total. The summed E-state index contributed by atoms with van der Waals surface area (Å²) < 4.78 is 9.63. The first-order valence-electron chi connectivity index (χ1n) is 4.45. The van der Waals surface area contributed by atoms with Gasteiger partial charge in [0.15, 0.2) is 0 Å². The summed E-state index contributed by atoms with van der Waals surface area (Å²) in [6, 6.07) is 8.82. The molecule has 0 amide bonds. The average molecular weight is 203 g/mol. The molecule has 0 aliphatic carbocycles. The molecule has 0 unspecified atom stereocenters. The number of esters is 1. The number of carbonyl (C=O) groups is 1. The van der Waals surface area contributed by atoms with Gasteiger partial charge in [0.2, 0.25) is 0 Å². The number of ether oxygens (including phenoxy) is 1. The molecule has 1 aromatic carbocycles. The Hall–Kier alpha value is -2.10. The molecule has 76 valence electrons. The zero-order valence-electron chi connectivity index (χ0n) is 8.14. The smallest absolute Gasteiger partial charge is 0.308 e. The first kappa shape index (κ1) is 9.45. The van der Waals surface area contributed by atoms with Crippen molar-refractivity contribution < 1.29 is 14.1 Å². The number of nitrogens with zero attached hydrogens (tertiary/aromatic N) is 1. The normalized spacial score (nSPS) is 9.93. The van der Waals surface area contributed by atoms with E-state index in [1.54, 1.807) is 18.2 Å². The van der Waals surface area contributed by atoms with Gasteiger partial charge in [-0.15, -0.1) is 0 Å². The van der Waals surface area contributed by atoms with E-state index < -0.39 is 0 Å². The lowest BCUT2D eigenvalue weighted by Crippen LogP contribution is -2.00. The van der Waals surface area contributed by atoms with E-state index in [4.69, 9.17) is 9.26 Å². The van der Waals surface area contributed by atoms with Crippen LogP contribution >= 0.6 is 0 Å². The Balaban J connectivity index is 2.21. The third-order valence-corrected chi connectivity index (χ3v) is 1.85. The minimum absolute atomic E-state index is 0.329. The van der Waals surface area contributed by atoms with Gasteiger partial charge in [-0.1, -0.05) is 5.16 Å². The molecule has 2 aromatic rings. The highest BCUT2D eigenvalue weighted by Gasteiger charge is 2.02. The van der Waals surface area contributed by atoms with Crippen molar-refractivity contribution in [3.63, 3.8) is 0 Å². The van der Waals surface area contributed by atoms with Crippen LogP contribution in [0, 0.1) is 0 Å². The molecular formula is C11H9NO3. The fourth-order valence-electron chi connectivity index (χ4n) is 1.22. The van der Waals surface area contributed by atoms with Gasteiger partial charge in [0.1, 0.15) is 17.7 Å². The second-order valence-electron chi connectivity index (χ2n) is 3.00. The van der Waals surface area contributed by atoms with Crippen molar-refractivity contribution in [2.45, 2.75) is 6.92 Å². The highest BCUT2D eigenvalue weighted by Crippen LogP contribution is 2.20. The molecular weight excluding hydrogens is 194 g/mol. The Morgan fingerprint density at radius 3 is 2.53 bits per heavy atom. The van der Waals surface area contributed by atoms with Crippen molar-refractivity contribution in [2.24, 2.45) is 0 Å². The molecule has 0 atom stereocenters. The maximum atomic E-state index is 10.7. The summed E-state index contributed by atoms with van der Waals surface area (Å²) in [5.41, 5.74) is 1.67. The first-order chi connectivity index (χ1) is 7.25. The van der Waals surface area contributed by atoms with Gasteiger partial charge in [0, 0.05) is 18.6 Å². The largest absolute Gasteiger partial charge is 0.427 e. The summed E-state index contributed by atoms with van der Waals surface area (Å²) in [5.74, 6) is 0.193. The molecule has 0 bridgehead atoms. The Bertz CT molecular complexity index is 445. The van der Waals surface area contributed by atoms with Gasteiger partial charge in [-0.25, -0.2) is 0 Å². The summed E-state index contributed by atoms with van der Waals surface area (Å²) in [6.07, 6.45) is 1.51.